The van der Waals surface area contributed by atoms with Crippen molar-refractivity contribution in [3.8, 4) is 0 Å². The quantitative estimate of drug-likeness (QED) is 0.574. The van der Waals surface area contributed by atoms with Crippen LogP contribution in [0.5, 0.6) is 0 Å². The first-order chi connectivity index (χ1) is 13.5. The van der Waals surface area contributed by atoms with Crippen LogP contribution in [0.3, 0.4) is 0 Å². The third kappa shape index (κ3) is 3.65. The summed E-state index contributed by atoms with van der Waals surface area (Å²) in [6, 6.07) is 9.33. The number of amides is 1. The molecule has 0 N–H and O–H groups in total. The average molecular weight is 415 g/mol. The number of aryl methyl sites for hydroxylation is 2. The van der Waals surface area contributed by atoms with Gasteiger partial charge >= 0.3 is 5.97 Å². The Bertz CT molecular complexity index is 1020. The molecule has 1 atom stereocenters. The first kappa shape index (κ1) is 18.6. The lowest BCUT2D eigenvalue weighted by molar-refractivity contribution is -0.136. The molecule has 3 aromatic heterocycles. The molecule has 0 saturated heterocycles. The number of nitrogens with zero attached hydrogens (tertiary/aromatic N) is 2. The van der Waals surface area contributed by atoms with Crippen molar-refractivity contribution in [2.45, 2.75) is 26.3 Å². The maximum absolute atomic E-state index is 12.8. The molecule has 0 bridgehead atoms. The van der Waals surface area contributed by atoms with Gasteiger partial charge in [-0.3, -0.25) is 4.79 Å². The lowest BCUT2D eigenvalue weighted by atomic mass is 10.1. The van der Waals surface area contributed by atoms with Crippen molar-refractivity contribution < 1.29 is 18.7 Å². The van der Waals surface area contributed by atoms with Crippen LogP contribution in [0, 0.1) is 13.8 Å². The van der Waals surface area contributed by atoms with E-state index >= 15 is 0 Å². The van der Waals surface area contributed by atoms with Gasteiger partial charge in [0.2, 0.25) is 0 Å². The first-order valence-electron chi connectivity index (χ1n) is 8.74. The molecule has 1 amide bonds. The Morgan fingerprint density at radius 2 is 2.04 bits per heavy atom. The van der Waals surface area contributed by atoms with Crippen molar-refractivity contribution in [1.29, 1.82) is 0 Å². The normalized spacial score (nSPS) is 16.3. The largest absolute Gasteiger partial charge is 0.466 e. The van der Waals surface area contributed by atoms with Crippen LogP contribution in [0.15, 0.2) is 50.6 Å². The molecule has 1 aliphatic rings. The predicted octanol–water partition coefficient (Wildman–Crippen LogP) is 4.55. The number of thiophene rings is 2. The van der Waals surface area contributed by atoms with E-state index in [0.717, 1.165) is 15.5 Å². The average Bonchev–Trinajstić information content (AvgIpc) is 3.44. The molecule has 1 aliphatic heterocycles. The minimum atomic E-state index is -0.572. The van der Waals surface area contributed by atoms with Gasteiger partial charge in [0.05, 0.1) is 16.6 Å². The Balaban J connectivity index is 1.50. The summed E-state index contributed by atoms with van der Waals surface area (Å²) < 4.78 is 10.6. The molecule has 0 aromatic carbocycles. The van der Waals surface area contributed by atoms with Crippen molar-refractivity contribution in [3.63, 3.8) is 0 Å². The fraction of sp³-hybridized carbons (Fsp3) is 0.250. The van der Waals surface area contributed by atoms with Gasteiger partial charge in [-0.1, -0.05) is 12.1 Å². The predicted molar refractivity (Wildman–Crippen MR) is 108 cm³/mol. The van der Waals surface area contributed by atoms with Crippen molar-refractivity contribution >= 4 is 40.3 Å². The highest BCUT2D eigenvalue weighted by Crippen LogP contribution is 2.35. The molecule has 28 heavy (non-hydrogen) atoms. The Kier molecular flexibility index (Phi) is 5.15. The van der Waals surface area contributed by atoms with Crippen LogP contribution in [0.25, 0.3) is 0 Å². The molecule has 1 unspecified atom stereocenters. The molecule has 0 saturated carbocycles. The summed E-state index contributed by atoms with van der Waals surface area (Å²) in [5, 5.41) is 9.96. The number of carbonyl (C=O) groups is 2. The minimum absolute atomic E-state index is 0.179. The second-order valence-corrected chi connectivity index (χ2v) is 8.33. The summed E-state index contributed by atoms with van der Waals surface area (Å²) in [6.07, 6.45) is 0.640. The molecule has 0 spiro atoms. The van der Waals surface area contributed by atoms with E-state index in [1.807, 2.05) is 35.0 Å². The summed E-state index contributed by atoms with van der Waals surface area (Å²) >= 11 is 3.17. The van der Waals surface area contributed by atoms with E-state index in [1.165, 1.54) is 5.01 Å². The molecule has 8 heteroatoms. The van der Waals surface area contributed by atoms with E-state index in [2.05, 4.69) is 5.10 Å². The highest BCUT2D eigenvalue weighted by molar-refractivity contribution is 7.12. The second-order valence-electron chi connectivity index (χ2n) is 6.40. The SMILES string of the molecule is Cc1cc(C(=O)OCC(=O)N2N=C(c3cccs3)CC2c2cccs2)c(C)o1. The number of esters is 1. The van der Waals surface area contributed by atoms with Crippen LogP contribution < -0.4 is 0 Å². The topological polar surface area (TPSA) is 72.1 Å². The van der Waals surface area contributed by atoms with E-state index in [-0.39, 0.29) is 18.6 Å². The lowest BCUT2D eigenvalue weighted by Gasteiger charge is -2.20. The van der Waals surface area contributed by atoms with E-state index < -0.39 is 5.97 Å². The molecule has 144 valence electrons. The molecular formula is C20H18N2O4S2. The van der Waals surface area contributed by atoms with Gasteiger partial charge in [0.1, 0.15) is 17.1 Å². The Morgan fingerprint density at radius 1 is 1.25 bits per heavy atom. The Labute approximate surface area is 170 Å². The number of ether oxygens (including phenoxy) is 1. The number of carbonyl (C=O) groups excluding carboxylic acids is 2. The van der Waals surface area contributed by atoms with E-state index in [0.29, 0.717) is 23.5 Å². The van der Waals surface area contributed by atoms with Gasteiger partial charge in [0.15, 0.2) is 6.61 Å². The number of furan rings is 1. The molecule has 0 radical (unpaired) electrons. The molecule has 3 aromatic rings. The summed E-state index contributed by atoms with van der Waals surface area (Å²) in [4.78, 5) is 27.2. The van der Waals surface area contributed by atoms with Crippen molar-refractivity contribution in [2.24, 2.45) is 5.10 Å². The Morgan fingerprint density at radius 3 is 2.68 bits per heavy atom. The van der Waals surface area contributed by atoms with Crippen LogP contribution in [0.2, 0.25) is 0 Å². The van der Waals surface area contributed by atoms with Crippen LogP contribution in [0.4, 0.5) is 0 Å². The zero-order valence-corrected chi connectivity index (χ0v) is 17.0. The summed E-state index contributed by atoms with van der Waals surface area (Å²) in [5.41, 5.74) is 1.21. The maximum atomic E-state index is 12.8. The van der Waals surface area contributed by atoms with Crippen molar-refractivity contribution in [1.82, 2.24) is 5.01 Å². The van der Waals surface area contributed by atoms with Gasteiger partial charge in [-0.15, -0.1) is 22.7 Å². The highest BCUT2D eigenvalue weighted by atomic mass is 32.1. The molecule has 6 nitrogen and oxygen atoms in total. The van der Waals surface area contributed by atoms with Crippen molar-refractivity contribution in [2.75, 3.05) is 6.61 Å². The fourth-order valence-corrected chi connectivity index (χ4v) is 4.67. The monoisotopic (exact) mass is 414 g/mol. The smallest absolute Gasteiger partial charge is 0.342 e. The van der Waals surface area contributed by atoms with E-state index in [4.69, 9.17) is 9.15 Å². The van der Waals surface area contributed by atoms with Crippen LogP contribution in [-0.4, -0.2) is 29.2 Å². The molecule has 4 rings (SSSR count). The van der Waals surface area contributed by atoms with Crippen molar-refractivity contribution in [3.05, 3.63) is 67.9 Å². The third-order valence-corrected chi connectivity index (χ3v) is 6.32. The zero-order valence-electron chi connectivity index (χ0n) is 15.4. The van der Waals surface area contributed by atoms with E-state index in [9.17, 15) is 9.59 Å². The minimum Gasteiger partial charge on any atom is -0.466 e. The lowest BCUT2D eigenvalue weighted by Crippen LogP contribution is -2.31. The molecule has 4 heterocycles. The standard InChI is InChI=1S/C20H18N2O4S2/c1-12-9-14(13(2)26-12)20(24)25-11-19(23)22-16(18-6-4-8-28-18)10-15(21-22)17-5-3-7-27-17/h3-9,16H,10-11H2,1-2H3. The number of hydrogen-bond donors (Lipinski definition) is 0. The van der Waals surface area contributed by atoms with Gasteiger partial charge < -0.3 is 9.15 Å². The molecule has 0 fully saturated rings. The molecular weight excluding hydrogens is 396 g/mol. The Hall–Kier alpha value is -2.71. The number of hydrazone groups is 1. The number of rotatable bonds is 5. The van der Waals surface area contributed by atoms with Gasteiger partial charge in [0.25, 0.3) is 5.91 Å². The summed E-state index contributed by atoms with van der Waals surface area (Å²) in [5.74, 6) is 0.178. The zero-order chi connectivity index (χ0) is 19.7. The second kappa shape index (κ2) is 7.73. The van der Waals surface area contributed by atoms with Crippen LogP contribution >= 0.6 is 22.7 Å². The fourth-order valence-electron chi connectivity index (χ4n) is 3.14. The van der Waals surface area contributed by atoms with E-state index in [1.54, 1.807) is 42.6 Å². The van der Waals surface area contributed by atoms with Gasteiger partial charge in [-0.2, -0.15) is 5.10 Å². The first-order valence-corrected chi connectivity index (χ1v) is 10.5. The van der Waals surface area contributed by atoms with Gasteiger partial charge in [-0.05, 0) is 42.8 Å². The van der Waals surface area contributed by atoms with Crippen LogP contribution in [0.1, 0.15) is 44.1 Å². The molecule has 0 aliphatic carbocycles. The van der Waals surface area contributed by atoms with Crippen LogP contribution in [-0.2, 0) is 9.53 Å². The number of hydrogen-bond acceptors (Lipinski definition) is 7. The third-order valence-electron chi connectivity index (χ3n) is 4.43. The highest BCUT2D eigenvalue weighted by Gasteiger charge is 2.34. The maximum Gasteiger partial charge on any atom is 0.342 e. The van der Waals surface area contributed by atoms with Gasteiger partial charge in [-0.25, -0.2) is 9.80 Å². The summed E-state index contributed by atoms with van der Waals surface area (Å²) in [6.45, 7) is 3.08. The summed E-state index contributed by atoms with van der Waals surface area (Å²) in [7, 11) is 0. The van der Waals surface area contributed by atoms with Gasteiger partial charge in [0, 0.05) is 11.3 Å².